The molecule has 1 amide bonds. The second kappa shape index (κ2) is 10.8. The fourth-order valence-electron chi connectivity index (χ4n) is 3.70. The Kier molecular flexibility index (Phi) is 8.08. The molecule has 2 aromatic rings. The molecule has 2 aromatic carbocycles. The van der Waals surface area contributed by atoms with Crippen molar-refractivity contribution in [3.8, 4) is 5.75 Å². The van der Waals surface area contributed by atoms with E-state index in [2.05, 4.69) is 10.2 Å². The number of carbonyl (C=O) groups excluding carboxylic acids is 1. The second-order valence-electron chi connectivity index (χ2n) is 7.44. The Morgan fingerprint density at radius 3 is 2.67 bits per heavy atom. The van der Waals surface area contributed by atoms with Crippen LogP contribution in [0.4, 0.5) is 4.39 Å². The van der Waals surface area contributed by atoms with E-state index in [1.54, 1.807) is 26.2 Å². The number of ether oxygens (including phenoxy) is 2. The van der Waals surface area contributed by atoms with Crippen LogP contribution in [0.2, 0.25) is 5.02 Å². The summed E-state index contributed by atoms with van der Waals surface area (Å²) in [5, 5.41) is 3.29. The average Bonchev–Trinajstić information content (AvgIpc) is 3.28. The molecule has 0 saturated carbocycles. The molecule has 1 aliphatic rings. The van der Waals surface area contributed by atoms with Crippen LogP contribution >= 0.6 is 11.6 Å². The van der Waals surface area contributed by atoms with Crippen LogP contribution < -0.4 is 10.1 Å². The number of carbonyl (C=O) groups is 1. The molecule has 5 nitrogen and oxygen atoms in total. The highest BCUT2D eigenvalue weighted by molar-refractivity contribution is 6.31. The quantitative estimate of drug-likeness (QED) is 0.637. The molecule has 1 fully saturated rings. The Hall–Kier alpha value is -2.15. The maximum atomic E-state index is 14.5. The van der Waals surface area contributed by atoms with E-state index in [4.69, 9.17) is 21.1 Å². The number of hydrogen-bond donors (Lipinski definition) is 1. The van der Waals surface area contributed by atoms with Gasteiger partial charge in [0.2, 0.25) is 5.91 Å². The normalized spacial score (nSPS) is 16.3. The van der Waals surface area contributed by atoms with E-state index in [-0.39, 0.29) is 24.3 Å². The summed E-state index contributed by atoms with van der Waals surface area (Å²) < 4.78 is 25.5. The molecule has 7 heteroatoms. The Morgan fingerprint density at radius 1 is 1.23 bits per heavy atom. The molecular weight excluding hydrogens is 407 g/mol. The van der Waals surface area contributed by atoms with Gasteiger partial charge in [0.1, 0.15) is 17.7 Å². The minimum atomic E-state index is -0.647. The minimum absolute atomic E-state index is 0.241. The SMILES string of the molecule is COc1cccc(COC(C)C(=O)NCC(c2c(F)cccc2Cl)N2CCCC2)c1. The van der Waals surface area contributed by atoms with Crippen molar-refractivity contribution >= 4 is 17.5 Å². The third kappa shape index (κ3) is 5.72. The number of rotatable bonds is 9. The summed E-state index contributed by atoms with van der Waals surface area (Å²) in [7, 11) is 1.61. The molecule has 1 saturated heterocycles. The lowest BCUT2D eigenvalue weighted by Gasteiger charge is -2.29. The fourth-order valence-corrected chi connectivity index (χ4v) is 3.99. The van der Waals surface area contributed by atoms with Gasteiger partial charge in [0.15, 0.2) is 0 Å². The second-order valence-corrected chi connectivity index (χ2v) is 7.85. The van der Waals surface area contributed by atoms with Gasteiger partial charge < -0.3 is 14.8 Å². The van der Waals surface area contributed by atoms with Crippen LogP contribution in [0.15, 0.2) is 42.5 Å². The van der Waals surface area contributed by atoms with Crippen LogP contribution in [0.25, 0.3) is 0 Å². The molecule has 30 heavy (non-hydrogen) atoms. The number of amides is 1. The summed E-state index contributed by atoms with van der Waals surface area (Å²) >= 11 is 6.31. The van der Waals surface area contributed by atoms with Crippen molar-refractivity contribution < 1.29 is 18.7 Å². The number of hydrogen-bond acceptors (Lipinski definition) is 4. The molecule has 0 radical (unpaired) electrons. The van der Waals surface area contributed by atoms with Gasteiger partial charge in [-0.25, -0.2) is 4.39 Å². The van der Waals surface area contributed by atoms with Crippen molar-refractivity contribution in [2.24, 2.45) is 0 Å². The van der Waals surface area contributed by atoms with Crippen LogP contribution in [-0.4, -0.2) is 43.7 Å². The lowest BCUT2D eigenvalue weighted by Crippen LogP contribution is -2.41. The zero-order valence-corrected chi connectivity index (χ0v) is 18.1. The van der Waals surface area contributed by atoms with E-state index < -0.39 is 6.10 Å². The highest BCUT2D eigenvalue weighted by atomic mass is 35.5. The van der Waals surface area contributed by atoms with Crippen LogP contribution in [0.3, 0.4) is 0 Å². The van der Waals surface area contributed by atoms with E-state index in [0.29, 0.717) is 17.2 Å². The first-order chi connectivity index (χ1) is 14.5. The Bertz CT molecular complexity index is 838. The van der Waals surface area contributed by atoms with Crippen LogP contribution in [-0.2, 0) is 16.1 Å². The lowest BCUT2D eigenvalue weighted by molar-refractivity contribution is -0.132. The standard InChI is InChI=1S/C23H28ClFN2O3/c1-16(30-15-17-7-5-8-18(13-17)29-2)23(28)26-14-21(27-11-3-4-12-27)22-19(24)9-6-10-20(22)25/h5-10,13,16,21H,3-4,11-12,14-15H2,1-2H3,(H,26,28). The topological polar surface area (TPSA) is 50.8 Å². The first-order valence-electron chi connectivity index (χ1n) is 10.2. The van der Waals surface area contributed by atoms with Crippen molar-refractivity contribution in [3.05, 3.63) is 64.4 Å². The predicted octanol–water partition coefficient (Wildman–Crippen LogP) is 4.35. The molecular formula is C23H28ClFN2O3. The van der Waals surface area contributed by atoms with Crippen LogP contribution in [0.5, 0.6) is 5.75 Å². The molecule has 1 N–H and O–H groups in total. The summed E-state index contributed by atoms with van der Waals surface area (Å²) in [5.74, 6) is 0.147. The van der Waals surface area contributed by atoms with Crippen molar-refractivity contribution in [2.75, 3.05) is 26.7 Å². The molecule has 0 spiro atoms. The summed E-state index contributed by atoms with van der Waals surface area (Å²) in [4.78, 5) is 14.8. The monoisotopic (exact) mass is 434 g/mol. The van der Waals surface area contributed by atoms with Gasteiger partial charge in [0.25, 0.3) is 0 Å². The first-order valence-corrected chi connectivity index (χ1v) is 10.6. The van der Waals surface area contributed by atoms with Gasteiger partial charge in [-0.2, -0.15) is 0 Å². The number of methoxy groups -OCH3 is 1. The van der Waals surface area contributed by atoms with Crippen LogP contribution in [0.1, 0.15) is 36.9 Å². The zero-order valence-electron chi connectivity index (χ0n) is 17.4. The minimum Gasteiger partial charge on any atom is -0.497 e. The molecule has 2 unspecified atom stereocenters. The van der Waals surface area contributed by atoms with Gasteiger partial charge in [0.05, 0.1) is 19.8 Å². The highest BCUT2D eigenvalue weighted by Crippen LogP contribution is 2.32. The van der Waals surface area contributed by atoms with Gasteiger partial charge in [-0.1, -0.05) is 29.8 Å². The van der Waals surface area contributed by atoms with Gasteiger partial charge in [-0.3, -0.25) is 9.69 Å². The van der Waals surface area contributed by atoms with Gasteiger partial charge >= 0.3 is 0 Å². The molecule has 0 aliphatic carbocycles. The number of nitrogens with one attached hydrogen (secondary N) is 1. The van der Waals surface area contributed by atoms with Crippen molar-refractivity contribution in [1.29, 1.82) is 0 Å². The van der Waals surface area contributed by atoms with E-state index in [0.717, 1.165) is 37.2 Å². The summed E-state index contributed by atoms with van der Waals surface area (Å²) in [6, 6.07) is 11.9. The summed E-state index contributed by atoms with van der Waals surface area (Å²) in [6.07, 6.45) is 1.46. The van der Waals surface area contributed by atoms with E-state index in [1.807, 2.05) is 24.3 Å². The van der Waals surface area contributed by atoms with Crippen molar-refractivity contribution in [1.82, 2.24) is 10.2 Å². The molecule has 3 rings (SSSR count). The van der Waals surface area contributed by atoms with Crippen LogP contribution in [0, 0.1) is 5.82 Å². The maximum absolute atomic E-state index is 14.5. The summed E-state index contributed by atoms with van der Waals surface area (Å²) in [5.41, 5.74) is 1.36. The number of benzene rings is 2. The maximum Gasteiger partial charge on any atom is 0.248 e. The van der Waals surface area contributed by atoms with E-state index in [1.165, 1.54) is 6.07 Å². The third-order valence-electron chi connectivity index (χ3n) is 5.39. The Labute approximate surface area is 182 Å². The summed E-state index contributed by atoms with van der Waals surface area (Å²) in [6.45, 7) is 3.98. The zero-order chi connectivity index (χ0) is 21.5. The van der Waals surface area contributed by atoms with Crippen molar-refractivity contribution in [2.45, 2.75) is 38.5 Å². The first kappa shape index (κ1) is 22.5. The fraction of sp³-hybridized carbons (Fsp3) is 0.435. The average molecular weight is 435 g/mol. The van der Waals surface area contributed by atoms with Gasteiger partial charge in [-0.15, -0.1) is 0 Å². The molecule has 162 valence electrons. The third-order valence-corrected chi connectivity index (χ3v) is 5.72. The number of likely N-dealkylation sites (tertiary alicyclic amines) is 1. The molecule has 0 bridgehead atoms. The van der Waals surface area contributed by atoms with E-state index >= 15 is 0 Å². The van der Waals surface area contributed by atoms with Crippen molar-refractivity contribution in [3.63, 3.8) is 0 Å². The van der Waals surface area contributed by atoms with Gasteiger partial charge in [-0.05, 0) is 62.7 Å². The predicted molar refractivity (Wildman–Crippen MR) is 115 cm³/mol. The molecule has 1 heterocycles. The molecule has 0 aromatic heterocycles. The number of nitrogens with zero attached hydrogens (tertiary/aromatic N) is 1. The number of halogens is 2. The lowest BCUT2D eigenvalue weighted by atomic mass is 10.0. The molecule has 1 aliphatic heterocycles. The highest BCUT2D eigenvalue weighted by Gasteiger charge is 2.28. The van der Waals surface area contributed by atoms with E-state index in [9.17, 15) is 9.18 Å². The largest absolute Gasteiger partial charge is 0.497 e. The Balaban J connectivity index is 1.61. The molecule has 2 atom stereocenters. The smallest absolute Gasteiger partial charge is 0.248 e. The van der Waals surface area contributed by atoms with Gasteiger partial charge in [0, 0.05) is 17.1 Å². The Morgan fingerprint density at radius 2 is 1.97 bits per heavy atom.